The zero-order chi connectivity index (χ0) is 29.6. The highest BCUT2D eigenvalue weighted by atomic mass is 19.1. The van der Waals surface area contributed by atoms with Crippen LogP contribution in [0.5, 0.6) is 5.75 Å². The number of amides is 1. The van der Waals surface area contributed by atoms with Gasteiger partial charge in [0.1, 0.15) is 17.3 Å². The van der Waals surface area contributed by atoms with E-state index in [-0.39, 0.29) is 42.7 Å². The quantitative estimate of drug-likeness (QED) is 0.261. The number of nitrogens with zero attached hydrogens (tertiary/aromatic N) is 2. The van der Waals surface area contributed by atoms with Crippen LogP contribution in [0.4, 0.5) is 15.8 Å². The molecule has 5 rings (SSSR count). The van der Waals surface area contributed by atoms with E-state index in [2.05, 4.69) is 6.92 Å². The molecule has 0 radical (unpaired) electrons. The minimum Gasteiger partial charge on any atom is -0.494 e. The molecule has 0 aromatic heterocycles. The third kappa shape index (κ3) is 6.43. The number of fused-ring (bicyclic) bond motifs is 2. The minimum absolute atomic E-state index is 0.0666. The average molecular weight is 571 g/mol. The monoisotopic (exact) mass is 570 g/mol. The number of carbonyl (C=O) groups is 3. The lowest BCUT2D eigenvalue weighted by Crippen LogP contribution is -2.45. The van der Waals surface area contributed by atoms with Crippen LogP contribution in [0.25, 0.3) is 0 Å². The Bertz CT molecular complexity index is 1470. The van der Waals surface area contributed by atoms with Crippen molar-refractivity contribution in [2.45, 2.75) is 63.8 Å². The van der Waals surface area contributed by atoms with Gasteiger partial charge in [-0.15, -0.1) is 0 Å². The summed E-state index contributed by atoms with van der Waals surface area (Å²) in [5, 5.41) is 9.33. The van der Waals surface area contributed by atoms with E-state index < -0.39 is 17.9 Å². The number of carbonyl (C=O) groups excluding carboxylic acids is 2. The van der Waals surface area contributed by atoms with Crippen molar-refractivity contribution in [1.82, 2.24) is 0 Å². The Morgan fingerprint density at radius 2 is 1.67 bits per heavy atom. The fraction of sp³-hybridized carbons (Fsp3) is 0.353. The number of rotatable bonds is 10. The second kappa shape index (κ2) is 13.1. The summed E-state index contributed by atoms with van der Waals surface area (Å²) in [6.07, 6.45) is 3.28. The number of carboxylic acids is 1. The third-order valence-electron chi connectivity index (χ3n) is 8.01. The molecule has 8 heteroatoms. The van der Waals surface area contributed by atoms with Gasteiger partial charge in [0.15, 0.2) is 0 Å². The second-order valence-corrected chi connectivity index (χ2v) is 10.9. The molecule has 0 bridgehead atoms. The van der Waals surface area contributed by atoms with Crippen LogP contribution in [0.2, 0.25) is 0 Å². The number of aliphatic carboxylic acids is 1. The van der Waals surface area contributed by atoms with Gasteiger partial charge in [-0.3, -0.25) is 19.4 Å². The number of Topliss-reactive ketones (excluding diaryl/α,β-unsaturated/α-hetero) is 1. The molecule has 1 N–H and O–H groups in total. The molecule has 1 fully saturated rings. The maximum absolute atomic E-state index is 14.1. The van der Waals surface area contributed by atoms with Crippen molar-refractivity contribution in [2.75, 3.05) is 11.5 Å². The number of ketones is 1. The summed E-state index contributed by atoms with van der Waals surface area (Å²) in [4.78, 5) is 45.8. The number of ether oxygens (including phenoxy) is 1. The summed E-state index contributed by atoms with van der Waals surface area (Å²) in [6.45, 7) is 2.74. The summed E-state index contributed by atoms with van der Waals surface area (Å²) >= 11 is 0. The van der Waals surface area contributed by atoms with Gasteiger partial charge in [0.25, 0.3) is 0 Å². The molecule has 2 aliphatic rings. The molecule has 0 unspecified atom stereocenters. The summed E-state index contributed by atoms with van der Waals surface area (Å²) < 4.78 is 19.6. The standard InChI is InChI=1S/C34H35FN2O5/c1-2-3-6-19-42-26-15-11-23(12-16-26)34-33-28(20-24(21-30(33)38)22-9-13-25(35)14-10-22)36-27-7-4-5-8-29(27)37(34)31(39)17-18-32(40)41/h4-5,7-16,24,33-34H,2-3,6,17-21H2,1H3,(H,40,41)/t24-,33+,34-/m0/s1. The molecular formula is C34H35FN2O5. The predicted molar refractivity (Wildman–Crippen MR) is 159 cm³/mol. The van der Waals surface area contributed by atoms with Crippen molar-refractivity contribution < 1.29 is 28.6 Å². The van der Waals surface area contributed by atoms with Crippen LogP contribution in [-0.4, -0.2) is 35.1 Å². The predicted octanol–water partition coefficient (Wildman–Crippen LogP) is 7.18. The lowest BCUT2D eigenvalue weighted by molar-refractivity contribution is -0.138. The van der Waals surface area contributed by atoms with Crippen molar-refractivity contribution in [3.8, 4) is 5.75 Å². The van der Waals surface area contributed by atoms with Gasteiger partial charge in [0.05, 0.1) is 36.4 Å². The molecule has 1 aliphatic carbocycles. The molecular weight excluding hydrogens is 535 g/mol. The topological polar surface area (TPSA) is 96.3 Å². The molecule has 0 saturated heterocycles. The lowest BCUT2D eigenvalue weighted by atomic mass is 9.72. The van der Waals surface area contributed by atoms with Crippen molar-refractivity contribution >= 4 is 34.7 Å². The maximum atomic E-state index is 14.1. The smallest absolute Gasteiger partial charge is 0.303 e. The molecule has 1 aliphatic heterocycles. The SMILES string of the molecule is CCCCCOc1ccc([C@H]2[C@H]3C(=O)C[C@@H](c4ccc(F)cc4)CC3=Nc3ccccc3N2C(=O)CCC(=O)O)cc1. The Hall–Kier alpha value is -4.33. The zero-order valence-electron chi connectivity index (χ0n) is 23.7. The summed E-state index contributed by atoms with van der Waals surface area (Å²) in [5.74, 6) is -2.06. The van der Waals surface area contributed by atoms with Crippen LogP contribution in [0.1, 0.15) is 75.0 Å². The normalized spacial score (nSPS) is 19.8. The number of para-hydroxylation sites is 2. The summed E-state index contributed by atoms with van der Waals surface area (Å²) in [6, 6.07) is 20.2. The fourth-order valence-electron chi connectivity index (χ4n) is 5.94. The molecule has 1 amide bonds. The maximum Gasteiger partial charge on any atom is 0.303 e. The van der Waals surface area contributed by atoms with E-state index in [4.69, 9.17) is 9.73 Å². The van der Waals surface area contributed by atoms with E-state index >= 15 is 0 Å². The second-order valence-electron chi connectivity index (χ2n) is 10.9. The fourth-order valence-corrected chi connectivity index (χ4v) is 5.94. The van der Waals surface area contributed by atoms with Gasteiger partial charge in [-0.2, -0.15) is 0 Å². The molecule has 3 aromatic rings. The third-order valence-corrected chi connectivity index (χ3v) is 8.01. The molecule has 3 atom stereocenters. The van der Waals surface area contributed by atoms with Gasteiger partial charge in [-0.1, -0.05) is 56.2 Å². The van der Waals surface area contributed by atoms with Crippen LogP contribution in [0.3, 0.4) is 0 Å². The largest absolute Gasteiger partial charge is 0.494 e. The number of aliphatic imine (C=N–C) groups is 1. The van der Waals surface area contributed by atoms with E-state index in [1.54, 1.807) is 35.2 Å². The van der Waals surface area contributed by atoms with Crippen LogP contribution >= 0.6 is 0 Å². The summed E-state index contributed by atoms with van der Waals surface area (Å²) in [5.41, 5.74) is 3.34. The van der Waals surface area contributed by atoms with E-state index in [0.29, 0.717) is 35.9 Å². The average Bonchev–Trinajstić information content (AvgIpc) is 3.13. The highest BCUT2D eigenvalue weighted by Gasteiger charge is 2.46. The first-order chi connectivity index (χ1) is 20.4. The lowest BCUT2D eigenvalue weighted by Gasteiger charge is -2.39. The first-order valence-electron chi connectivity index (χ1n) is 14.6. The van der Waals surface area contributed by atoms with Gasteiger partial charge in [0.2, 0.25) is 5.91 Å². The molecule has 1 heterocycles. The highest BCUT2D eigenvalue weighted by Crippen LogP contribution is 2.47. The Morgan fingerprint density at radius 3 is 2.38 bits per heavy atom. The number of halogens is 1. The number of anilines is 1. The molecule has 0 spiro atoms. The first-order valence-corrected chi connectivity index (χ1v) is 14.6. The van der Waals surface area contributed by atoms with Crippen molar-refractivity contribution in [2.24, 2.45) is 10.9 Å². The summed E-state index contributed by atoms with van der Waals surface area (Å²) in [7, 11) is 0. The van der Waals surface area contributed by atoms with E-state index in [1.165, 1.54) is 12.1 Å². The number of benzene rings is 3. The number of hydrogen-bond acceptors (Lipinski definition) is 5. The van der Waals surface area contributed by atoms with E-state index in [0.717, 1.165) is 30.4 Å². The van der Waals surface area contributed by atoms with E-state index in [9.17, 15) is 23.9 Å². The van der Waals surface area contributed by atoms with Crippen LogP contribution < -0.4 is 9.64 Å². The van der Waals surface area contributed by atoms with Crippen molar-refractivity contribution in [1.29, 1.82) is 0 Å². The van der Waals surface area contributed by atoms with Crippen molar-refractivity contribution in [3.63, 3.8) is 0 Å². The Balaban J connectivity index is 1.56. The molecule has 1 saturated carbocycles. The van der Waals surface area contributed by atoms with E-state index in [1.807, 2.05) is 30.3 Å². The van der Waals surface area contributed by atoms with Gasteiger partial charge >= 0.3 is 5.97 Å². The zero-order valence-corrected chi connectivity index (χ0v) is 23.7. The van der Waals surface area contributed by atoms with Crippen LogP contribution in [0, 0.1) is 11.7 Å². The highest BCUT2D eigenvalue weighted by molar-refractivity contribution is 6.13. The molecule has 3 aromatic carbocycles. The number of carboxylic acid groups (broad SMARTS) is 1. The van der Waals surface area contributed by atoms with Gasteiger partial charge in [-0.05, 0) is 66.3 Å². The van der Waals surface area contributed by atoms with Crippen LogP contribution in [-0.2, 0) is 14.4 Å². The van der Waals surface area contributed by atoms with Gasteiger partial charge < -0.3 is 14.7 Å². The molecule has 7 nitrogen and oxygen atoms in total. The first kappa shape index (κ1) is 29.2. The Morgan fingerprint density at radius 1 is 0.952 bits per heavy atom. The Labute approximate surface area is 245 Å². The number of hydrogen-bond donors (Lipinski definition) is 1. The number of unbranched alkanes of at least 4 members (excludes halogenated alkanes) is 2. The van der Waals surface area contributed by atoms with Gasteiger partial charge in [-0.25, -0.2) is 4.39 Å². The van der Waals surface area contributed by atoms with Crippen molar-refractivity contribution in [3.05, 3.63) is 89.7 Å². The van der Waals surface area contributed by atoms with Crippen LogP contribution in [0.15, 0.2) is 77.8 Å². The van der Waals surface area contributed by atoms with Gasteiger partial charge in [0, 0.05) is 18.6 Å². The molecule has 42 heavy (non-hydrogen) atoms. The molecule has 218 valence electrons. The Kier molecular flexibility index (Phi) is 9.10. The minimum atomic E-state index is -1.07.